The third-order valence-corrected chi connectivity index (χ3v) is 4.99. The van der Waals surface area contributed by atoms with Crippen molar-refractivity contribution in [2.75, 3.05) is 31.1 Å². The van der Waals surface area contributed by atoms with Gasteiger partial charge in [0.2, 0.25) is 5.89 Å². The Morgan fingerprint density at radius 3 is 2.92 bits per heavy atom. The number of anilines is 1. The highest BCUT2D eigenvalue weighted by Gasteiger charge is 2.27. The van der Waals surface area contributed by atoms with E-state index in [1.807, 2.05) is 24.5 Å². The summed E-state index contributed by atoms with van der Waals surface area (Å²) in [7, 11) is 0. The summed E-state index contributed by atoms with van der Waals surface area (Å²) in [6.45, 7) is 6.90. The van der Waals surface area contributed by atoms with E-state index in [1.54, 1.807) is 0 Å². The van der Waals surface area contributed by atoms with Crippen LogP contribution in [0.3, 0.4) is 0 Å². The molecular weight excluding hydrogens is 316 g/mol. The van der Waals surface area contributed by atoms with Crippen molar-refractivity contribution in [3.63, 3.8) is 0 Å². The van der Waals surface area contributed by atoms with Gasteiger partial charge >= 0.3 is 0 Å². The molecule has 0 N–H and O–H groups in total. The topological polar surface area (TPSA) is 54.6 Å². The minimum absolute atomic E-state index is 0.200. The Hall–Kier alpha value is -2.08. The van der Waals surface area contributed by atoms with Crippen molar-refractivity contribution in [1.82, 2.24) is 14.9 Å². The van der Waals surface area contributed by atoms with Gasteiger partial charge in [0.15, 0.2) is 11.6 Å². The fourth-order valence-corrected chi connectivity index (χ4v) is 3.63. The molecule has 2 fully saturated rings. The largest absolute Gasteiger partial charge is 0.485 e. The Labute approximate surface area is 148 Å². The minimum Gasteiger partial charge on any atom is -0.485 e. The predicted octanol–water partition coefficient (Wildman–Crippen LogP) is 2.89. The van der Waals surface area contributed by atoms with Crippen LogP contribution in [0.1, 0.15) is 37.8 Å². The van der Waals surface area contributed by atoms with E-state index < -0.39 is 0 Å². The SMILES string of the molecule is CCc1cnc(CN2CCC(Oc3cccnc3N3CCCC3)C2)o1. The standard InChI is InChI=1S/C19H26N4O2/c1-2-15-12-21-18(25-15)14-22-11-7-16(13-22)24-17-6-5-8-20-19(17)23-9-3-4-10-23/h5-6,8,12,16H,2-4,7,9-11,13-14H2,1H3. The number of rotatable bonds is 6. The zero-order valence-corrected chi connectivity index (χ0v) is 14.9. The van der Waals surface area contributed by atoms with Crippen molar-refractivity contribution in [2.45, 2.75) is 45.3 Å². The first kappa shape index (κ1) is 16.4. The Bertz CT molecular complexity index is 696. The van der Waals surface area contributed by atoms with E-state index in [4.69, 9.17) is 9.15 Å². The van der Waals surface area contributed by atoms with Gasteiger partial charge in [-0.05, 0) is 31.4 Å². The van der Waals surface area contributed by atoms with Gasteiger partial charge in [-0.3, -0.25) is 4.90 Å². The van der Waals surface area contributed by atoms with Gasteiger partial charge in [0.1, 0.15) is 11.9 Å². The maximum absolute atomic E-state index is 6.32. The van der Waals surface area contributed by atoms with Crippen LogP contribution < -0.4 is 9.64 Å². The molecule has 2 saturated heterocycles. The molecule has 2 aromatic heterocycles. The molecule has 2 aromatic rings. The van der Waals surface area contributed by atoms with Crippen molar-refractivity contribution < 1.29 is 9.15 Å². The predicted molar refractivity (Wildman–Crippen MR) is 95.9 cm³/mol. The number of oxazole rings is 1. The van der Waals surface area contributed by atoms with Gasteiger partial charge in [0.05, 0.1) is 12.7 Å². The van der Waals surface area contributed by atoms with Gasteiger partial charge in [0.25, 0.3) is 0 Å². The molecule has 0 amide bonds. The summed E-state index contributed by atoms with van der Waals surface area (Å²) in [5, 5.41) is 0. The molecule has 1 atom stereocenters. The Morgan fingerprint density at radius 2 is 2.12 bits per heavy atom. The van der Waals surface area contributed by atoms with Crippen molar-refractivity contribution in [3.8, 4) is 5.75 Å². The summed E-state index contributed by atoms with van der Waals surface area (Å²) in [4.78, 5) is 13.6. The molecule has 0 spiro atoms. The number of aryl methyl sites for hydroxylation is 1. The average molecular weight is 342 g/mol. The summed E-state index contributed by atoms with van der Waals surface area (Å²) in [5.41, 5.74) is 0. The molecule has 6 heteroatoms. The maximum Gasteiger partial charge on any atom is 0.208 e. The van der Waals surface area contributed by atoms with Crippen LogP contribution in [-0.4, -0.2) is 47.2 Å². The lowest BCUT2D eigenvalue weighted by Gasteiger charge is -2.22. The lowest BCUT2D eigenvalue weighted by Crippen LogP contribution is -2.26. The number of likely N-dealkylation sites (tertiary alicyclic amines) is 1. The van der Waals surface area contributed by atoms with Crippen molar-refractivity contribution in [1.29, 1.82) is 0 Å². The fourth-order valence-electron chi connectivity index (χ4n) is 3.63. The number of pyridine rings is 1. The molecular formula is C19H26N4O2. The van der Waals surface area contributed by atoms with Crippen LogP contribution in [-0.2, 0) is 13.0 Å². The molecule has 1 unspecified atom stereocenters. The molecule has 0 saturated carbocycles. The van der Waals surface area contributed by atoms with Gasteiger partial charge in [-0.15, -0.1) is 0 Å². The minimum atomic E-state index is 0.200. The van der Waals surface area contributed by atoms with E-state index in [-0.39, 0.29) is 6.10 Å². The maximum atomic E-state index is 6.32. The van der Waals surface area contributed by atoms with Gasteiger partial charge in [0, 0.05) is 38.8 Å². The lowest BCUT2D eigenvalue weighted by molar-refractivity contribution is 0.193. The van der Waals surface area contributed by atoms with Crippen LogP contribution in [0.4, 0.5) is 5.82 Å². The van der Waals surface area contributed by atoms with Gasteiger partial charge in [-0.2, -0.15) is 0 Å². The van der Waals surface area contributed by atoms with E-state index in [0.717, 1.165) is 68.8 Å². The third-order valence-electron chi connectivity index (χ3n) is 4.99. The molecule has 0 aromatic carbocycles. The van der Waals surface area contributed by atoms with E-state index in [9.17, 15) is 0 Å². The van der Waals surface area contributed by atoms with Gasteiger partial charge in [-0.25, -0.2) is 9.97 Å². The number of hydrogen-bond acceptors (Lipinski definition) is 6. The average Bonchev–Trinajstić information content (AvgIpc) is 3.38. The smallest absolute Gasteiger partial charge is 0.208 e. The normalized spacial score (nSPS) is 21.2. The fraction of sp³-hybridized carbons (Fsp3) is 0.579. The van der Waals surface area contributed by atoms with Crippen LogP contribution in [0.5, 0.6) is 5.75 Å². The number of nitrogens with zero attached hydrogens (tertiary/aromatic N) is 4. The Morgan fingerprint density at radius 1 is 1.24 bits per heavy atom. The van der Waals surface area contributed by atoms with Crippen molar-refractivity contribution in [3.05, 3.63) is 36.2 Å². The van der Waals surface area contributed by atoms with Crippen LogP contribution >= 0.6 is 0 Å². The second-order valence-electron chi connectivity index (χ2n) is 6.86. The zero-order chi connectivity index (χ0) is 17.1. The summed E-state index contributed by atoms with van der Waals surface area (Å²) in [5.74, 6) is 3.67. The highest BCUT2D eigenvalue weighted by atomic mass is 16.5. The first-order valence-corrected chi connectivity index (χ1v) is 9.34. The van der Waals surface area contributed by atoms with Crippen LogP contribution in [0.2, 0.25) is 0 Å². The highest BCUT2D eigenvalue weighted by Crippen LogP contribution is 2.30. The molecule has 2 aliphatic rings. The van der Waals surface area contributed by atoms with E-state index >= 15 is 0 Å². The van der Waals surface area contributed by atoms with Crippen LogP contribution in [0, 0.1) is 0 Å². The summed E-state index contributed by atoms with van der Waals surface area (Å²) in [6, 6.07) is 4.01. The van der Waals surface area contributed by atoms with Gasteiger partial charge < -0.3 is 14.1 Å². The van der Waals surface area contributed by atoms with Crippen LogP contribution in [0.25, 0.3) is 0 Å². The summed E-state index contributed by atoms with van der Waals surface area (Å²) >= 11 is 0. The van der Waals surface area contributed by atoms with E-state index in [2.05, 4.69) is 26.7 Å². The molecule has 0 aliphatic carbocycles. The van der Waals surface area contributed by atoms with E-state index in [1.165, 1.54) is 12.8 Å². The number of aromatic nitrogens is 2. The first-order valence-electron chi connectivity index (χ1n) is 9.34. The lowest BCUT2D eigenvalue weighted by atomic mass is 10.3. The van der Waals surface area contributed by atoms with Crippen molar-refractivity contribution >= 4 is 5.82 Å². The quantitative estimate of drug-likeness (QED) is 0.805. The van der Waals surface area contributed by atoms with Gasteiger partial charge in [-0.1, -0.05) is 6.92 Å². The first-order chi connectivity index (χ1) is 12.3. The second kappa shape index (κ2) is 7.44. The number of hydrogen-bond donors (Lipinski definition) is 0. The molecule has 0 bridgehead atoms. The highest BCUT2D eigenvalue weighted by molar-refractivity contribution is 5.52. The monoisotopic (exact) mass is 342 g/mol. The molecule has 0 radical (unpaired) electrons. The third kappa shape index (κ3) is 3.79. The molecule has 6 nitrogen and oxygen atoms in total. The second-order valence-corrected chi connectivity index (χ2v) is 6.86. The molecule has 4 heterocycles. The zero-order valence-electron chi connectivity index (χ0n) is 14.9. The molecule has 4 rings (SSSR count). The molecule has 134 valence electrons. The van der Waals surface area contributed by atoms with Crippen LogP contribution in [0.15, 0.2) is 28.9 Å². The molecule has 25 heavy (non-hydrogen) atoms. The Balaban J connectivity index is 1.36. The van der Waals surface area contributed by atoms with E-state index in [0.29, 0.717) is 0 Å². The summed E-state index contributed by atoms with van der Waals surface area (Å²) < 4.78 is 12.0. The Kier molecular flexibility index (Phi) is 4.88. The van der Waals surface area contributed by atoms with Crippen molar-refractivity contribution in [2.24, 2.45) is 0 Å². The summed E-state index contributed by atoms with van der Waals surface area (Å²) in [6.07, 6.45) is 8.28. The number of ether oxygens (including phenoxy) is 1. The molecule has 2 aliphatic heterocycles.